The normalized spacial score (nSPS) is 11.3. The number of alkyl halides is 3. The number of nitrogens with two attached hydrogens (primary N) is 1. The number of halogens is 3. The van der Waals surface area contributed by atoms with Crippen molar-refractivity contribution in [2.75, 3.05) is 19.1 Å². The van der Waals surface area contributed by atoms with E-state index in [2.05, 4.69) is 10.2 Å². The summed E-state index contributed by atoms with van der Waals surface area (Å²) in [5, 5.41) is 7.01. The fourth-order valence-electron chi connectivity index (χ4n) is 2.02. The van der Waals surface area contributed by atoms with Gasteiger partial charge in [0, 0.05) is 12.2 Å². The average molecular weight is 341 g/mol. The summed E-state index contributed by atoms with van der Waals surface area (Å²) in [4.78, 5) is 11.3. The third kappa shape index (κ3) is 3.80. The lowest BCUT2D eigenvalue weighted by Crippen LogP contribution is -2.13. The number of aromatic nitrogens is 2. The van der Waals surface area contributed by atoms with Gasteiger partial charge in [-0.2, -0.15) is 13.2 Å². The zero-order valence-corrected chi connectivity index (χ0v) is 12.6. The van der Waals surface area contributed by atoms with E-state index < -0.39 is 17.4 Å². The lowest BCUT2D eigenvalue weighted by molar-refractivity contribution is -0.137. The van der Waals surface area contributed by atoms with Crippen LogP contribution in [0.15, 0.2) is 24.3 Å². The molecule has 0 bridgehead atoms. The van der Waals surface area contributed by atoms with Crippen molar-refractivity contribution in [2.24, 2.45) is 0 Å². The number of ether oxygens (including phenoxy) is 2. The number of nitrogens with zero attached hydrogens (tertiary/aromatic N) is 2. The van der Waals surface area contributed by atoms with Crippen molar-refractivity contribution in [3.05, 3.63) is 35.4 Å². The van der Waals surface area contributed by atoms with Crippen LogP contribution >= 0.6 is 0 Å². The summed E-state index contributed by atoms with van der Waals surface area (Å²) in [5.74, 6) is -0.357. The lowest BCUT2D eigenvalue weighted by Gasteiger charge is -2.16. The van der Waals surface area contributed by atoms with Gasteiger partial charge < -0.3 is 15.2 Å². The molecule has 0 amide bonds. The summed E-state index contributed by atoms with van der Waals surface area (Å²) < 4.78 is 50.3. The van der Waals surface area contributed by atoms with Crippen molar-refractivity contribution in [3.63, 3.8) is 0 Å². The smallest absolute Gasteiger partial charge is 0.418 e. The van der Waals surface area contributed by atoms with Gasteiger partial charge in [0.05, 0.1) is 11.1 Å². The molecule has 128 valence electrons. The molecule has 2 rings (SSSR count). The Bertz CT molecular complexity index is 736. The van der Waals surface area contributed by atoms with Crippen molar-refractivity contribution < 1.29 is 27.4 Å². The number of nitrogen functional groups attached to an aromatic ring is 1. The molecule has 0 aliphatic heterocycles. The van der Waals surface area contributed by atoms with E-state index in [0.29, 0.717) is 19.0 Å². The van der Waals surface area contributed by atoms with E-state index in [-0.39, 0.29) is 29.5 Å². The molecule has 6 nitrogen and oxygen atoms in total. The summed E-state index contributed by atoms with van der Waals surface area (Å²) in [5.41, 5.74) is 3.53. The van der Waals surface area contributed by atoms with Gasteiger partial charge in [-0.3, -0.25) is 4.79 Å². The van der Waals surface area contributed by atoms with Gasteiger partial charge in [-0.15, -0.1) is 10.2 Å². The van der Waals surface area contributed by atoms with E-state index in [1.54, 1.807) is 6.92 Å². The highest BCUT2D eigenvalue weighted by atomic mass is 19.4. The van der Waals surface area contributed by atoms with E-state index in [1.165, 1.54) is 18.2 Å². The first-order chi connectivity index (χ1) is 11.4. The fourth-order valence-corrected chi connectivity index (χ4v) is 2.02. The Morgan fingerprint density at radius 1 is 1.29 bits per heavy atom. The quantitative estimate of drug-likeness (QED) is 0.494. The number of carbonyl (C=O) groups is 1. The summed E-state index contributed by atoms with van der Waals surface area (Å²) in [6.45, 7) is 1.91. The monoisotopic (exact) mass is 341 g/mol. The Morgan fingerprint density at radius 2 is 2.04 bits per heavy atom. The molecule has 2 aromatic rings. The van der Waals surface area contributed by atoms with Crippen molar-refractivity contribution in [3.8, 4) is 17.0 Å². The van der Waals surface area contributed by atoms with Crippen molar-refractivity contribution in [1.29, 1.82) is 0 Å². The van der Waals surface area contributed by atoms with Crippen LogP contribution in [0.25, 0.3) is 11.3 Å². The summed E-state index contributed by atoms with van der Waals surface area (Å²) >= 11 is 0. The Balaban J connectivity index is 2.65. The van der Waals surface area contributed by atoms with Gasteiger partial charge in [0.15, 0.2) is 13.1 Å². The highest BCUT2D eigenvalue weighted by molar-refractivity contribution is 5.90. The molecular weight excluding hydrogens is 327 g/mol. The molecule has 0 unspecified atom stereocenters. The van der Waals surface area contributed by atoms with Crippen LogP contribution in [0.5, 0.6) is 5.75 Å². The first-order valence-electron chi connectivity index (χ1n) is 6.88. The number of anilines is 1. The Kier molecular flexibility index (Phi) is 5.35. The van der Waals surface area contributed by atoms with E-state index in [1.807, 2.05) is 0 Å². The number of carbonyl (C=O) groups excluding carboxylic acids is 1. The molecule has 0 fully saturated rings. The second-order valence-electron chi connectivity index (χ2n) is 4.62. The van der Waals surface area contributed by atoms with Crippen molar-refractivity contribution >= 4 is 12.1 Å². The molecule has 0 atom stereocenters. The predicted octanol–water partition coefficient (Wildman–Crippen LogP) is 2.93. The molecule has 2 N–H and O–H groups in total. The van der Waals surface area contributed by atoms with E-state index in [4.69, 9.17) is 15.2 Å². The van der Waals surface area contributed by atoms with Crippen LogP contribution < -0.4 is 10.5 Å². The van der Waals surface area contributed by atoms with Crippen LogP contribution in [0.2, 0.25) is 0 Å². The van der Waals surface area contributed by atoms with E-state index >= 15 is 0 Å². The van der Waals surface area contributed by atoms with Crippen LogP contribution in [0, 0.1) is 0 Å². The maximum atomic E-state index is 13.3. The number of rotatable bonds is 6. The van der Waals surface area contributed by atoms with E-state index in [9.17, 15) is 18.0 Å². The number of benzene rings is 1. The minimum atomic E-state index is -4.73. The van der Waals surface area contributed by atoms with Gasteiger partial charge in [-0.1, -0.05) is 12.1 Å². The van der Waals surface area contributed by atoms with Crippen molar-refractivity contribution in [1.82, 2.24) is 10.2 Å². The Labute approximate surface area is 135 Å². The van der Waals surface area contributed by atoms with Crippen molar-refractivity contribution in [2.45, 2.75) is 13.1 Å². The van der Waals surface area contributed by atoms with Gasteiger partial charge in [0.1, 0.15) is 17.3 Å². The summed E-state index contributed by atoms with van der Waals surface area (Å²) in [6, 6.07) is 4.91. The van der Waals surface area contributed by atoms with E-state index in [0.717, 1.165) is 0 Å². The number of hydrogen-bond donors (Lipinski definition) is 1. The molecule has 1 aromatic carbocycles. The molecule has 0 aliphatic carbocycles. The zero-order chi connectivity index (χ0) is 17.7. The second-order valence-corrected chi connectivity index (χ2v) is 4.62. The summed E-state index contributed by atoms with van der Waals surface area (Å²) in [6.07, 6.45) is -4.31. The van der Waals surface area contributed by atoms with Crippen LogP contribution in [-0.4, -0.2) is 29.9 Å². The third-order valence-corrected chi connectivity index (χ3v) is 3.04. The topological polar surface area (TPSA) is 87.3 Å². The second kappa shape index (κ2) is 7.26. The Morgan fingerprint density at radius 3 is 2.67 bits per heavy atom. The molecular formula is C15H14F3N3O3. The molecule has 0 saturated carbocycles. The van der Waals surface area contributed by atoms with Gasteiger partial charge in [-0.05, 0) is 19.1 Å². The summed E-state index contributed by atoms with van der Waals surface area (Å²) in [7, 11) is 0. The molecule has 1 aromatic heterocycles. The van der Waals surface area contributed by atoms with Gasteiger partial charge in [0.2, 0.25) is 0 Å². The maximum Gasteiger partial charge on any atom is 0.418 e. The van der Waals surface area contributed by atoms with Gasteiger partial charge >= 0.3 is 6.18 Å². The first kappa shape index (κ1) is 17.7. The highest BCUT2D eigenvalue weighted by Crippen LogP contribution is 2.40. The minimum absolute atomic E-state index is 0.0198. The molecule has 0 spiro atoms. The fraction of sp³-hybridized carbons (Fsp3) is 0.267. The molecule has 9 heteroatoms. The first-order valence-corrected chi connectivity index (χ1v) is 6.88. The van der Waals surface area contributed by atoms with Gasteiger partial charge in [0.25, 0.3) is 0 Å². The molecule has 0 aliphatic rings. The lowest BCUT2D eigenvalue weighted by atomic mass is 10.00. The predicted molar refractivity (Wildman–Crippen MR) is 79.4 cm³/mol. The van der Waals surface area contributed by atoms with Crippen LogP contribution in [0.3, 0.4) is 0 Å². The Hall–Kier alpha value is -2.68. The third-order valence-electron chi connectivity index (χ3n) is 3.04. The molecule has 0 radical (unpaired) electrons. The van der Waals surface area contributed by atoms with Crippen LogP contribution in [0.4, 0.5) is 19.0 Å². The minimum Gasteiger partial charge on any atom is -0.467 e. The van der Waals surface area contributed by atoms with Crippen LogP contribution in [0.1, 0.15) is 22.8 Å². The average Bonchev–Trinajstić information content (AvgIpc) is 2.54. The zero-order valence-electron chi connectivity index (χ0n) is 12.6. The molecule has 1 heterocycles. The SMILES string of the molecule is CCOCOc1cccc(C=O)c1-c1nnc(N)cc1C(F)(F)F. The highest BCUT2D eigenvalue weighted by Gasteiger charge is 2.36. The van der Waals surface area contributed by atoms with Gasteiger partial charge in [-0.25, -0.2) is 0 Å². The molecule has 24 heavy (non-hydrogen) atoms. The number of hydrogen-bond acceptors (Lipinski definition) is 6. The largest absolute Gasteiger partial charge is 0.467 e. The number of aldehydes is 1. The standard InChI is InChI=1S/C15H14F3N3O3/c1-2-23-8-24-11-5-3-4-9(7-22)13(11)14-10(15(16,17)18)6-12(19)20-21-14/h3-7H,2,8H2,1H3,(H2,19,20). The maximum absolute atomic E-state index is 13.3. The molecule has 0 saturated heterocycles. The van der Waals surface area contributed by atoms with Crippen LogP contribution in [-0.2, 0) is 10.9 Å².